The molecule has 1 heterocycles. The minimum absolute atomic E-state index is 0.313. The van der Waals surface area contributed by atoms with Crippen LogP contribution in [0.1, 0.15) is 29.8 Å². The van der Waals surface area contributed by atoms with Crippen LogP contribution in [0.15, 0.2) is 24.3 Å². The number of hydrogen-bond donors (Lipinski definition) is 1. The van der Waals surface area contributed by atoms with Gasteiger partial charge < -0.3 is 5.11 Å². The zero-order valence-electron chi connectivity index (χ0n) is 9.65. The Morgan fingerprint density at radius 1 is 1.12 bits per heavy atom. The van der Waals surface area contributed by atoms with E-state index in [2.05, 4.69) is 0 Å². The Labute approximate surface area is 105 Å². The molecular formula is C14H15NOS. The molecule has 3 rings (SSSR count). The third-order valence-corrected chi connectivity index (χ3v) is 4.40. The summed E-state index contributed by atoms with van der Waals surface area (Å²) < 4.78 is 0. The van der Waals surface area contributed by atoms with Gasteiger partial charge in [-0.15, -0.1) is 11.3 Å². The number of fused-ring (bicyclic) bond motifs is 1. The van der Waals surface area contributed by atoms with Crippen LogP contribution in [0.5, 0.6) is 5.75 Å². The second kappa shape index (κ2) is 4.49. The molecule has 0 aliphatic heterocycles. The average Bonchev–Trinajstić information content (AvgIpc) is 2.61. The lowest BCUT2D eigenvalue weighted by Crippen LogP contribution is -1.86. The number of phenolic OH excluding ortho intramolecular Hbond substituents is 1. The van der Waals surface area contributed by atoms with Gasteiger partial charge in [0.2, 0.25) is 0 Å². The molecule has 1 aliphatic carbocycles. The van der Waals surface area contributed by atoms with Crippen molar-refractivity contribution in [2.24, 2.45) is 0 Å². The molecule has 88 valence electrons. The van der Waals surface area contributed by atoms with Crippen LogP contribution in [0.25, 0.3) is 10.6 Å². The maximum absolute atomic E-state index is 9.50. The summed E-state index contributed by atoms with van der Waals surface area (Å²) in [6, 6.07) is 7.37. The van der Waals surface area contributed by atoms with Gasteiger partial charge in [-0.2, -0.15) is 0 Å². The number of aromatic nitrogens is 1. The number of hydrogen-bond acceptors (Lipinski definition) is 3. The molecule has 1 aliphatic rings. The maximum Gasteiger partial charge on any atom is 0.124 e. The Hall–Kier alpha value is -1.35. The molecule has 0 saturated carbocycles. The van der Waals surface area contributed by atoms with Crippen molar-refractivity contribution in [3.8, 4) is 16.3 Å². The molecule has 0 unspecified atom stereocenters. The Kier molecular flexibility index (Phi) is 2.85. The molecule has 0 bridgehead atoms. The zero-order chi connectivity index (χ0) is 11.7. The molecule has 0 radical (unpaired) electrons. The number of benzene rings is 1. The number of aromatic hydroxyl groups is 1. The van der Waals surface area contributed by atoms with Crippen molar-refractivity contribution in [3.05, 3.63) is 34.8 Å². The highest BCUT2D eigenvalue weighted by Gasteiger charge is 2.14. The summed E-state index contributed by atoms with van der Waals surface area (Å²) in [6.45, 7) is 0. The van der Waals surface area contributed by atoms with Crippen molar-refractivity contribution in [3.63, 3.8) is 0 Å². The molecule has 0 spiro atoms. The molecule has 1 aromatic heterocycles. The van der Waals surface area contributed by atoms with Gasteiger partial charge in [0, 0.05) is 10.4 Å². The number of rotatable bonds is 1. The Morgan fingerprint density at radius 3 is 2.88 bits per heavy atom. The highest BCUT2D eigenvalue weighted by molar-refractivity contribution is 7.15. The number of thiazole rings is 1. The lowest BCUT2D eigenvalue weighted by Gasteiger charge is -1.97. The average molecular weight is 245 g/mol. The molecule has 0 amide bonds. The monoisotopic (exact) mass is 245 g/mol. The van der Waals surface area contributed by atoms with Crippen LogP contribution >= 0.6 is 11.3 Å². The summed E-state index contributed by atoms with van der Waals surface area (Å²) in [4.78, 5) is 6.17. The van der Waals surface area contributed by atoms with E-state index in [-0.39, 0.29) is 0 Å². The number of nitrogens with zero attached hydrogens (tertiary/aromatic N) is 1. The first-order chi connectivity index (χ1) is 8.33. The van der Waals surface area contributed by atoms with Gasteiger partial charge in [-0.1, -0.05) is 18.6 Å². The van der Waals surface area contributed by atoms with Crippen LogP contribution in [-0.4, -0.2) is 10.1 Å². The van der Waals surface area contributed by atoms with Crippen molar-refractivity contribution < 1.29 is 5.11 Å². The predicted octanol–water partition coefficient (Wildman–Crippen LogP) is 3.78. The van der Waals surface area contributed by atoms with E-state index in [0.717, 1.165) is 17.0 Å². The van der Waals surface area contributed by atoms with E-state index in [1.54, 1.807) is 23.5 Å². The molecule has 3 heteroatoms. The minimum atomic E-state index is 0.313. The Bertz CT molecular complexity index is 509. The summed E-state index contributed by atoms with van der Waals surface area (Å²) in [5.74, 6) is 0.313. The Balaban J connectivity index is 1.99. The highest BCUT2D eigenvalue weighted by Crippen LogP contribution is 2.33. The highest BCUT2D eigenvalue weighted by atomic mass is 32.1. The fourth-order valence-corrected chi connectivity index (χ4v) is 3.44. The summed E-state index contributed by atoms with van der Waals surface area (Å²) in [6.07, 6.45) is 6.16. The van der Waals surface area contributed by atoms with Gasteiger partial charge in [0.25, 0.3) is 0 Å². The van der Waals surface area contributed by atoms with Crippen LogP contribution in [0.2, 0.25) is 0 Å². The quantitative estimate of drug-likeness (QED) is 0.775. The van der Waals surface area contributed by atoms with Gasteiger partial charge >= 0.3 is 0 Å². The first-order valence-corrected chi connectivity index (χ1v) is 6.92. The fraction of sp³-hybridized carbons (Fsp3) is 0.357. The molecule has 0 atom stereocenters. The largest absolute Gasteiger partial charge is 0.508 e. The molecular weight excluding hydrogens is 230 g/mol. The van der Waals surface area contributed by atoms with Crippen molar-refractivity contribution >= 4 is 11.3 Å². The second-order valence-electron chi connectivity index (χ2n) is 4.50. The topological polar surface area (TPSA) is 33.1 Å². The predicted molar refractivity (Wildman–Crippen MR) is 70.5 cm³/mol. The molecule has 0 saturated heterocycles. The van der Waals surface area contributed by atoms with Gasteiger partial charge in [-0.3, -0.25) is 0 Å². The van der Waals surface area contributed by atoms with E-state index >= 15 is 0 Å². The molecule has 17 heavy (non-hydrogen) atoms. The van der Waals surface area contributed by atoms with Crippen LogP contribution < -0.4 is 0 Å². The van der Waals surface area contributed by atoms with E-state index in [1.807, 2.05) is 12.1 Å². The fourth-order valence-electron chi connectivity index (χ4n) is 2.29. The van der Waals surface area contributed by atoms with Crippen LogP contribution in [0.4, 0.5) is 0 Å². The van der Waals surface area contributed by atoms with Gasteiger partial charge in [0.1, 0.15) is 10.8 Å². The van der Waals surface area contributed by atoms with E-state index in [9.17, 15) is 5.11 Å². The van der Waals surface area contributed by atoms with Crippen LogP contribution in [0.3, 0.4) is 0 Å². The third kappa shape index (κ3) is 2.20. The lowest BCUT2D eigenvalue weighted by molar-refractivity contribution is 0.475. The van der Waals surface area contributed by atoms with E-state index in [4.69, 9.17) is 4.98 Å². The number of phenols is 1. The van der Waals surface area contributed by atoms with Crippen molar-refractivity contribution in [2.75, 3.05) is 0 Å². The summed E-state index contributed by atoms with van der Waals surface area (Å²) >= 11 is 1.79. The summed E-state index contributed by atoms with van der Waals surface area (Å²) in [7, 11) is 0. The van der Waals surface area contributed by atoms with Gasteiger partial charge in [-0.25, -0.2) is 4.98 Å². The number of aryl methyl sites for hydroxylation is 2. The third-order valence-electron chi connectivity index (χ3n) is 3.19. The SMILES string of the molecule is Oc1cccc(-c2nc3c(s2)CCCCC3)c1. The van der Waals surface area contributed by atoms with Crippen molar-refractivity contribution in [1.29, 1.82) is 0 Å². The molecule has 2 aromatic rings. The lowest BCUT2D eigenvalue weighted by atomic mass is 10.2. The van der Waals surface area contributed by atoms with Crippen molar-refractivity contribution in [2.45, 2.75) is 32.1 Å². The van der Waals surface area contributed by atoms with E-state index in [0.29, 0.717) is 5.75 Å². The van der Waals surface area contributed by atoms with Crippen LogP contribution in [-0.2, 0) is 12.8 Å². The normalized spacial score (nSPS) is 15.3. The second-order valence-corrected chi connectivity index (χ2v) is 5.58. The minimum Gasteiger partial charge on any atom is -0.508 e. The summed E-state index contributed by atoms with van der Waals surface area (Å²) in [5, 5.41) is 10.5. The molecule has 1 N–H and O–H groups in total. The zero-order valence-corrected chi connectivity index (χ0v) is 10.5. The Morgan fingerprint density at radius 2 is 2.00 bits per heavy atom. The molecule has 0 fully saturated rings. The smallest absolute Gasteiger partial charge is 0.124 e. The van der Waals surface area contributed by atoms with E-state index in [1.165, 1.54) is 36.3 Å². The maximum atomic E-state index is 9.50. The van der Waals surface area contributed by atoms with Crippen molar-refractivity contribution in [1.82, 2.24) is 4.98 Å². The molecule has 1 aromatic carbocycles. The van der Waals surface area contributed by atoms with Crippen LogP contribution in [0, 0.1) is 0 Å². The van der Waals surface area contributed by atoms with Gasteiger partial charge in [-0.05, 0) is 37.8 Å². The van der Waals surface area contributed by atoms with Gasteiger partial charge in [0.15, 0.2) is 0 Å². The van der Waals surface area contributed by atoms with E-state index < -0.39 is 0 Å². The standard InChI is InChI=1S/C14H15NOS/c16-11-6-4-5-10(9-11)14-15-12-7-2-1-3-8-13(12)17-14/h4-6,9,16H,1-3,7-8H2. The molecule has 2 nitrogen and oxygen atoms in total. The first kappa shape index (κ1) is 10.8. The first-order valence-electron chi connectivity index (χ1n) is 6.11. The summed E-state index contributed by atoms with van der Waals surface area (Å²) in [5.41, 5.74) is 2.31. The van der Waals surface area contributed by atoms with Gasteiger partial charge in [0.05, 0.1) is 5.69 Å².